The summed E-state index contributed by atoms with van der Waals surface area (Å²) in [6.45, 7) is 3.24. The third kappa shape index (κ3) is 5.68. The van der Waals surface area contributed by atoms with Gasteiger partial charge in [0.05, 0.1) is 24.8 Å². The lowest BCUT2D eigenvalue weighted by Crippen LogP contribution is -2.44. The minimum Gasteiger partial charge on any atom is -0.444 e. The molecule has 0 unspecified atom stereocenters. The standard InChI is InChI=1S/C19H20Cl2F3N5O2/c1-18(2,3)31-17(30)29-7-6-28(9-19(23,24)10-29)16-13(20)14(21)26-15(27-16)11-4-5-25-8-12(11)22/h4-5,8H,6-7,9-10H2,1-3H3. The van der Waals surface area contributed by atoms with Gasteiger partial charge in [-0.2, -0.15) is 0 Å². The highest BCUT2D eigenvalue weighted by Crippen LogP contribution is 2.35. The molecule has 3 heterocycles. The molecule has 0 aromatic carbocycles. The maximum Gasteiger partial charge on any atom is 0.410 e. The quantitative estimate of drug-likeness (QED) is 0.584. The molecule has 2 aromatic rings. The molecule has 168 valence electrons. The van der Waals surface area contributed by atoms with Crippen molar-refractivity contribution in [2.24, 2.45) is 0 Å². The number of alkyl halides is 2. The number of carbonyl (C=O) groups excluding carboxylic acids is 1. The lowest BCUT2D eigenvalue weighted by atomic mass is 10.2. The molecule has 1 amide bonds. The van der Waals surface area contributed by atoms with Crippen molar-refractivity contribution in [3.63, 3.8) is 0 Å². The number of hydrogen-bond acceptors (Lipinski definition) is 6. The first kappa shape index (κ1) is 23.3. The fraction of sp³-hybridized carbons (Fsp3) is 0.474. The van der Waals surface area contributed by atoms with Crippen LogP contribution in [0, 0.1) is 5.82 Å². The van der Waals surface area contributed by atoms with E-state index in [2.05, 4.69) is 15.0 Å². The third-order valence-corrected chi connectivity index (χ3v) is 4.96. The molecule has 0 bridgehead atoms. The van der Waals surface area contributed by atoms with Gasteiger partial charge in [-0.05, 0) is 26.8 Å². The van der Waals surface area contributed by atoms with E-state index in [9.17, 15) is 18.0 Å². The highest BCUT2D eigenvalue weighted by atomic mass is 35.5. The second-order valence-electron chi connectivity index (χ2n) is 8.01. The molecule has 2 aromatic heterocycles. The van der Waals surface area contributed by atoms with Crippen molar-refractivity contribution in [1.29, 1.82) is 0 Å². The molecule has 12 heteroatoms. The molecular formula is C19H20Cl2F3N5O2. The number of hydrogen-bond donors (Lipinski definition) is 0. The molecule has 1 aliphatic rings. The Morgan fingerprint density at radius 3 is 2.55 bits per heavy atom. The van der Waals surface area contributed by atoms with E-state index in [4.69, 9.17) is 27.9 Å². The maximum atomic E-state index is 14.7. The van der Waals surface area contributed by atoms with Crippen LogP contribution in [0.3, 0.4) is 0 Å². The lowest BCUT2D eigenvalue weighted by Gasteiger charge is -2.27. The SMILES string of the molecule is CC(C)(C)OC(=O)N1CCN(c2nc(-c3ccncc3F)nc(Cl)c2Cl)CC(F)(F)C1. The summed E-state index contributed by atoms with van der Waals surface area (Å²) in [7, 11) is 0. The van der Waals surface area contributed by atoms with Crippen LogP contribution in [0.4, 0.5) is 23.8 Å². The molecule has 0 saturated carbocycles. The summed E-state index contributed by atoms with van der Waals surface area (Å²) in [4.78, 5) is 26.3. The van der Waals surface area contributed by atoms with Crippen LogP contribution < -0.4 is 4.90 Å². The largest absolute Gasteiger partial charge is 0.444 e. The predicted octanol–water partition coefficient (Wildman–Crippen LogP) is 4.68. The van der Waals surface area contributed by atoms with Crippen LogP contribution in [0.25, 0.3) is 11.4 Å². The van der Waals surface area contributed by atoms with Crippen molar-refractivity contribution in [3.8, 4) is 11.4 Å². The highest BCUT2D eigenvalue weighted by molar-refractivity contribution is 6.42. The molecule has 3 rings (SSSR count). The van der Waals surface area contributed by atoms with Gasteiger partial charge in [-0.3, -0.25) is 4.98 Å². The Kier molecular flexibility index (Phi) is 6.52. The lowest BCUT2D eigenvalue weighted by molar-refractivity contribution is -0.0285. The topological polar surface area (TPSA) is 71.5 Å². The van der Waals surface area contributed by atoms with E-state index >= 15 is 0 Å². The number of anilines is 1. The smallest absolute Gasteiger partial charge is 0.410 e. The first-order valence-electron chi connectivity index (χ1n) is 9.30. The Bertz CT molecular complexity index is 988. The summed E-state index contributed by atoms with van der Waals surface area (Å²) in [6, 6.07) is 1.33. The zero-order valence-electron chi connectivity index (χ0n) is 17.0. The summed E-state index contributed by atoms with van der Waals surface area (Å²) in [5, 5.41) is -0.365. The highest BCUT2D eigenvalue weighted by Gasteiger charge is 2.41. The normalized spacial score (nSPS) is 16.8. The first-order valence-corrected chi connectivity index (χ1v) is 10.1. The molecule has 0 spiro atoms. The van der Waals surface area contributed by atoms with Gasteiger partial charge in [-0.15, -0.1) is 0 Å². The van der Waals surface area contributed by atoms with Crippen LogP contribution in [0.5, 0.6) is 0 Å². The van der Waals surface area contributed by atoms with E-state index in [-0.39, 0.29) is 40.5 Å². The van der Waals surface area contributed by atoms with Gasteiger partial charge in [0.2, 0.25) is 0 Å². The molecule has 1 fully saturated rings. The molecule has 0 radical (unpaired) electrons. The number of halogens is 5. The fourth-order valence-electron chi connectivity index (χ4n) is 2.97. The van der Waals surface area contributed by atoms with Crippen molar-refractivity contribution < 1.29 is 22.7 Å². The second kappa shape index (κ2) is 8.66. The fourth-order valence-corrected chi connectivity index (χ4v) is 3.33. The molecule has 31 heavy (non-hydrogen) atoms. The van der Waals surface area contributed by atoms with Crippen LogP contribution in [-0.4, -0.2) is 63.6 Å². The van der Waals surface area contributed by atoms with E-state index in [1.54, 1.807) is 20.8 Å². The Labute approximate surface area is 187 Å². The van der Waals surface area contributed by atoms with E-state index < -0.39 is 36.5 Å². The van der Waals surface area contributed by atoms with Crippen molar-refractivity contribution in [1.82, 2.24) is 19.9 Å². The van der Waals surface area contributed by atoms with E-state index in [1.165, 1.54) is 17.2 Å². The van der Waals surface area contributed by atoms with Crippen molar-refractivity contribution >= 4 is 35.1 Å². The van der Waals surface area contributed by atoms with Crippen LogP contribution in [0.1, 0.15) is 20.8 Å². The average molecular weight is 478 g/mol. The van der Waals surface area contributed by atoms with Crippen LogP contribution in [-0.2, 0) is 4.74 Å². The molecular weight excluding hydrogens is 458 g/mol. The Morgan fingerprint density at radius 1 is 1.19 bits per heavy atom. The third-order valence-electron chi connectivity index (χ3n) is 4.24. The molecule has 0 atom stereocenters. The van der Waals surface area contributed by atoms with Crippen LogP contribution in [0.2, 0.25) is 10.2 Å². The van der Waals surface area contributed by atoms with Gasteiger partial charge >= 0.3 is 6.09 Å². The molecule has 0 aliphatic carbocycles. The molecule has 0 N–H and O–H groups in total. The zero-order valence-corrected chi connectivity index (χ0v) is 18.5. The number of carbonyl (C=O) groups is 1. The Hall–Kier alpha value is -2.33. The minimum atomic E-state index is -3.30. The van der Waals surface area contributed by atoms with E-state index in [0.29, 0.717) is 0 Å². The summed E-state index contributed by atoms with van der Waals surface area (Å²) in [6.07, 6.45) is 1.46. The number of aromatic nitrogens is 3. The number of pyridine rings is 1. The van der Waals surface area contributed by atoms with Gasteiger partial charge in [0.1, 0.15) is 10.6 Å². The van der Waals surface area contributed by atoms with Crippen LogP contribution in [0.15, 0.2) is 18.5 Å². The van der Waals surface area contributed by atoms with Gasteiger partial charge in [-0.25, -0.2) is 27.9 Å². The monoisotopic (exact) mass is 477 g/mol. The van der Waals surface area contributed by atoms with Gasteiger partial charge in [-0.1, -0.05) is 23.2 Å². The summed E-state index contributed by atoms with van der Waals surface area (Å²) in [5.74, 6) is -4.21. The number of rotatable bonds is 2. The Morgan fingerprint density at radius 2 is 1.90 bits per heavy atom. The number of ether oxygens (including phenoxy) is 1. The first-order chi connectivity index (χ1) is 14.4. The van der Waals surface area contributed by atoms with E-state index in [0.717, 1.165) is 11.1 Å². The second-order valence-corrected chi connectivity index (χ2v) is 8.75. The zero-order chi connectivity index (χ0) is 23.0. The molecule has 7 nitrogen and oxygen atoms in total. The van der Waals surface area contributed by atoms with Gasteiger partial charge in [0.25, 0.3) is 5.92 Å². The number of nitrogens with zero attached hydrogens (tertiary/aromatic N) is 5. The van der Waals surface area contributed by atoms with Gasteiger partial charge < -0.3 is 14.5 Å². The summed E-state index contributed by atoms with van der Waals surface area (Å²) >= 11 is 12.3. The maximum absolute atomic E-state index is 14.7. The van der Waals surface area contributed by atoms with Crippen LogP contribution >= 0.6 is 23.2 Å². The Balaban J connectivity index is 1.94. The van der Waals surface area contributed by atoms with Crippen molar-refractivity contribution in [2.75, 3.05) is 31.1 Å². The minimum absolute atomic E-state index is 0.00761. The summed E-state index contributed by atoms with van der Waals surface area (Å²) in [5.41, 5.74) is -0.836. The predicted molar refractivity (Wildman–Crippen MR) is 110 cm³/mol. The average Bonchev–Trinajstić information content (AvgIpc) is 2.81. The van der Waals surface area contributed by atoms with Crippen molar-refractivity contribution in [2.45, 2.75) is 32.3 Å². The molecule has 1 aliphatic heterocycles. The van der Waals surface area contributed by atoms with Gasteiger partial charge in [0.15, 0.2) is 22.6 Å². The van der Waals surface area contributed by atoms with Crippen molar-refractivity contribution in [3.05, 3.63) is 34.5 Å². The van der Waals surface area contributed by atoms with E-state index in [1.807, 2.05) is 0 Å². The number of amides is 1. The summed E-state index contributed by atoms with van der Waals surface area (Å²) < 4.78 is 48.7. The molecule has 1 saturated heterocycles. The van der Waals surface area contributed by atoms with Gasteiger partial charge in [0, 0.05) is 19.3 Å².